The van der Waals surface area contributed by atoms with Crippen molar-refractivity contribution in [1.29, 1.82) is 0 Å². The topological polar surface area (TPSA) is 29.3 Å². The summed E-state index contributed by atoms with van der Waals surface area (Å²) in [6.45, 7) is 10.0. The molecule has 0 aliphatic rings. The van der Waals surface area contributed by atoms with Crippen LogP contribution in [0, 0.1) is 5.41 Å². The summed E-state index contributed by atoms with van der Waals surface area (Å²) in [7, 11) is 2.22. The zero-order valence-electron chi connectivity index (χ0n) is 11.9. The number of thioether (sulfide) groups is 1. The smallest absolute Gasteiger partial charge is 0.0180 e. The predicted octanol–water partition coefficient (Wildman–Crippen LogP) is 2.82. The van der Waals surface area contributed by atoms with E-state index in [0.29, 0.717) is 12.1 Å². The minimum Gasteiger partial charge on any atom is -0.327 e. The highest BCUT2D eigenvalue weighted by molar-refractivity contribution is 7.98. The first-order valence-corrected chi connectivity index (χ1v) is 7.67. The van der Waals surface area contributed by atoms with E-state index >= 15 is 0 Å². The first-order valence-electron chi connectivity index (χ1n) is 6.27. The summed E-state index contributed by atoms with van der Waals surface area (Å²) >= 11 is 1.93. The molecule has 0 aromatic heterocycles. The van der Waals surface area contributed by atoms with E-state index in [1.807, 2.05) is 11.8 Å². The second kappa shape index (κ2) is 7.57. The van der Waals surface area contributed by atoms with Crippen LogP contribution in [-0.4, -0.2) is 42.6 Å². The number of hydrogen-bond donors (Lipinski definition) is 1. The van der Waals surface area contributed by atoms with Crippen LogP contribution < -0.4 is 5.73 Å². The van der Waals surface area contributed by atoms with Crippen molar-refractivity contribution in [3.63, 3.8) is 0 Å². The van der Waals surface area contributed by atoms with Crippen molar-refractivity contribution < 1.29 is 0 Å². The van der Waals surface area contributed by atoms with Crippen molar-refractivity contribution in [2.45, 2.75) is 52.6 Å². The Kier molecular flexibility index (Phi) is 7.70. The van der Waals surface area contributed by atoms with E-state index in [0.717, 1.165) is 13.0 Å². The third-order valence-corrected chi connectivity index (χ3v) is 4.08. The molecule has 0 fully saturated rings. The first kappa shape index (κ1) is 16.3. The van der Waals surface area contributed by atoms with Gasteiger partial charge in [-0.1, -0.05) is 27.7 Å². The highest BCUT2D eigenvalue weighted by Crippen LogP contribution is 2.20. The minimum atomic E-state index is 0.224. The molecule has 2 nitrogen and oxygen atoms in total. The summed E-state index contributed by atoms with van der Waals surface area (Å²) in [5.41, 5.74) is 6.41. The van der Waals surface area contributed by atoms with Gasteiger partial charge in [-0.3, -0.25) is 0 Å². The van der Waals surface area contributed by atoms with Crippen LogP contribution in [0.2, 0.25) is 0 Å². The maximum absolute atomic E-state index is 6.18. The van der Waals surface area contributed by atoms with Crippen LogP contribution in [0.1, 0.15) is 40.5 Å². The Bertz CT molecular complexity index is 177. The summed E-state index contributed by atoms with van der Waals surface area (Å²) in [6, 6.07) is 0.990. The van der Waals surface area contributed by atoms with Gasteiger partial charge in [0, 0.05) is 17.8 Å². The van der Waals surface area contributed by atoms with Crippen molar-refractivity contribution in [2.75, 3.05) is 25.6 Å². The Morgan fingerprint density at radius 3 is 2.25 bits per heavy atom. The molecule has 0 spiro atoms. The van der Waals surface area contributed by atoms with Crippen LogP contribution >= 0.6 is 11.8 Å². The largest absolute Gasteiger partial charge is 0.327 e. The van der Waals surface area contributed by atoms with Crippen molar-refractivity contribution in [2.24, 2.45) is 11.1 Å². The molecule has 2 atom stereocenters. The molecular formula is C13H30N2S. The van der Waals surface area contributed by atoms with Gasteiger partial charge in [-0.05, 0) is 38.1 Å². The molecule has 0 heterocycles. The average Bonchev–Trinajstić information content (AvgIpc) is 2.20. The Morgan fingerprint density at radius 2 is 1.88 bits per heavy atom. The second-order valence-electron chi connectivity index (χ2n) is 5.76. The lowest BCUT2D eigenvalue weighted by Crippen LogP contribution is -2.41. The minimum absolute atomic E-state index is 0.224. The van der Waals surface area contributed by atoms with Crippen molar-refractivity contribution in [3.05, 3.63) is 0 Å². The fourth-order valence-electron chi connectivity index (χ4n) is 1.71. The zero-order chi connectivity index (χ0) is 12.8. The molecule has 0 bridgehead atoms. The highest BCUT2D eigenvalue weighted by Gasteiger charge is 2.21. The monoisotopic (exact) mass is 246 g/mol. The summed E-state index contributed by atoms with van der Waals surface area (Å²) in [5, 5.41) is 0. The van der Waals surface area contributed by atoms with Crippen LogP contribution in [-0.2, 0) is 0 Å². The predicted molar refractivity (Wildman–Crippen MR) is 77.1 cm³/mol. The van der Waals surface area contributed by atoms with E-state index < -0.39 is 0 Å². The Balaban J connectivity index is 4.00. The molecule has 0 saturated carbocycles. The molecule has 0 amide bonds. The molecule has 16 heavy (non-hydrogen) atoms. The molecule has 0 aromatic carbocycles. The average molecular weight is 246 g/mol. The molecule has 98 valence electrons. The lowest BCUT2D eigenvalue weighted by atomic mass is 9.85. The zero-order valence-corrected chi connectivity index (χ0v) is 12.7. The molecule has 0 saturated heterocycles. The SMILES string of the molecule is CCC(CSC)N(C)CCC(N)C(C)(C)C. The van der Waals surface area contributed by atoms with Gasteiger partial charge in [0.15, 0.2) is 0 Å². The van der Waals surface area contributed by atoms with Gasteiger partial charge in [-0.25, -0.2) is 0 Å². The van der Waals surface area contributed by atoms with E-state index in [4.69, 9.17) is 5.73 Å². The van der Waals surface area contributed by atoms with E-state index in [-0.39, 0.29) is 5.41 Å². The molecule has 2 unspecified atom stereocenters. The van der Waals surface area contributed by atoms with Gasteiger partial charge >= 0.3 is 0 Å². The molecule has 0 rings (SSSR count). The van der Waals surface area contributed by atoms with Crippen LogP contribution in [0.25, 0.3) is 0 Å². The van der Waals surface area contributed by atoms with Gasteiger partial charge in [0.1, 0.15) is 0 Å². The van der Waals surface area contributed by atoms with E-state index in [1.54, 1.807) is 0 Å². The third kappa shape index (κ3) is 6.12. The number of rotatable bonds is 7. The van der Waals surface area contributed by atoms with Gasteiger partial charge in [-0.15, -0.1) is 0 Å². The highest BCUT2D eigenvalue weighted by atomic mass is 32.2. The first-order chi connectivity index (χ1) is 7.32. The standard InChI is InChI=1S/C13H30N2S/c1-7-11(10-16-6)15(5)9-8-12(14)13(2,3)4/h11-12H,7-10,14H2,1-6H3. The molecule has 0 aliphatic heterocycles. The lowest BCUT2D eigenvalue weighted by molar-refractivity contribution is 0.217. The summed E-state index contributed by atoms with van der Waals surface area (Å²) < 4.78 is 0. The Morgan fingerprint density at radius 1 is 1.31 bits per heavy atom. The van der Waals surface area contributed by atoms with Gasteiger partial charge in [-0.2, -0.15) is 11.8 Å². The van der Waals surface area contributed by atoms with Gasteiger partial charge < -0.3 is 10.6 Å². The van der Waals surface area contributed by atoms with Crippen molar-refractivity contribution >= 4 is 11.8 Å². The van der Waals surface area contributed by atoms with Gasteiger partial charge in [0.05, 0.1) is 0 Å². The van der Waals surface area contributed by atoms with Crippen LogP contribution in [0.3, 0.4) is 0 Å². The number of nitrogens with two attached hydrogens (primary N) is 1. The summed E-state index contributed by atoms with van der Waals surface area (Å²) in [5.74, 6) is 1.22. The van der Waals surface area contributed by atoms with Crippen LogP contribution in [0.4, 0.5) is 0 Å². The van der Waals surface area contributed by atoms with Crippen molar-refractivity contribution in [1.82, 2.24) is 4.90 Å². The lowest BCUT2D eigenvalue weighted by Gasteiger charge is -2.31. The van der Waals surface area contributed by atoms with Gasteiger partial charge in [0.2, 0.25) is 0 Å². The van der Waals surface area contributed by atoms with E-state index in [1.165, 1.54) is 12.2 Å². The molecule has 0 radical (unpaired) electrons. The quantitative estimate of drug-likeness (QED) is 0.749. The fraction of sp³-hybridized carbons (Fsp3) is 1.00. The molecule has 0 aromatic rings. The maximum atomic E-state index is 6.18. The van der Waals surface area contributed by atoms with Gasteiger partial charge in [0.25, 0.3) is 0 Å². The van der Waals surface area contributed by atoms with Crippen LogP contribution in [0.5, 0.6) is 0 Å². The molecule has 3 heteroatoms. The summed E-state index contributed by atoms with van der Waals surface area (Å²) in [6.07, 6.45) is 4.49. The van der Waals surface area contributed by atoms with E-state index in [9.17, 15) is 0 Å². The Labute approximate surface area is 106 Å². The Hall–Kier alpha value is 0.270. The number of nitrogens with zero attached hydrogens (tertiary/aromatic N) is 1. The normalized spacial score (nSPS) is 16.5. The third-order valence-electron chi connectivity index (χ3n) is 3.36. The molecule has 0 aliphatic carbocycles. The maximum Gasteiger partial charge on any atom is 0.0180 e. The molecular weight excluding hydrogens is 216 g/mol. The van der Waals surface area contributed by atoms with E-state index in [2.05, 4.69) is 45.9 Å². The second-order valence-corrected chi connectivity index (χ2v) is 6.67. The molecule has 2 N–H and O–H groups in total. The summed E-state index contributed by atoms with van der Waals surface area (Å²) in [4.78, 5) is 2.46. The van der Waals surface area contributed by atoms with Crippen molar-refractivity contribution in [3.8, 4) is 0 Å². The fourth-order valence-corrected chi connectivity index (χ4v) is 2.58. The number of hydrogen-bond acceptors (Lipinski definition) is 3. The van der Waals surface area contributed by atoms with Crippen LogP contribution in [0.15, 0.2) is 0 Å².